The minimum Gasteiger partial charge on any atom is -0.324 e. The van der Waals surface area contributed by atoms with Gasteiger partial charge in [-0.1, -0.05) is 42.5 Å². The fourth-order valence-corrected chi connectivity index (χ4v) is 4.66. The number of carbonyl (C=O) groups is 1. The summed E-state index contributed by atoms with van der Waals surface area (Å²) in [7, 11) is 0. The molecule has 6 heteroatoms. The van der Waals surface area contributed by atoms with Crippen LogP contribution in [0, 0.1) is 13.8 Å². The number of carbonyl (C=O) groups excluding carboxylic acids is 1. The first kappa shape index (κ1) is 20.9. The van der Waals surface area contributed by atoms with Gasteiger partial charge in [0.2, 0.25) is 5.91 Å². The average Bonchev–Trinajstić information content (AvgIpc) is 3.54. The van der Waals surface area contributed by atoms with Gasteiger partial charge in [0, 0.05) is 17.5 Å². The number of nitrogens with zero attached hydrogens (tertiary/aromatic N) is 3. The van der Waals surface area contributed by atoms with Crippen molar-refractivity contribution in [3.63, 3.8) is 0 Å². The molecule has 3 aromatic rings. The van der Waals surface area contributed by atoms with E-state index in [1.54, 1.807) is 0 Å². The van der Waals surface area contributed by atoms with Crippen molar-refractivity contribution < 1.29 is 4.79 Å². The van der Waals surface area contributed by atoms with E-state index in [1.165, 1.54) is 12.8 Å². The van der Waals surface area contributed by atoms with Crippen LogP contribution in [0.3, 0.4) is 0 Å². The molecule has 1 aliphatic carbocycles. The molecule has 1 saturated carbocycles. The zero-order valence-corrected chi connectivity index (χ0v) is 18.8. The van der Waals surface area contributed by atoms with Crippen LogP contribution in [0.25, 0.3) is 0 Å². The molecule has 6 nitrogen and oxygen atoms in total. The third-order valence-corrected chi connectivity index (χ3v) is 6.76. The van der Waals surface area contributed by atoms with Crippen LogP contribution in [-0.4, -0.2) is 39.1 Å². The van der Waals surface area contributed by atoms with Crippen LogP contribution in [0.15, 0.2) is 48.5 Å². The molecule has 0 unspecified atom stereocenters. The van der Waals surface area contributed by atoms with Gasteiger partial charge in [-0.15, -0.1) is 0 Å². The number of aromatic amines is 1. The summed E-state index contributed by atoms with van der Waals surface area (Å²) in [5.41, 5.74) is 4.14. The van der Waals surface area contributed by atoms with E-state index in [0.29, 0.717) is 11.8 Å². The van der Waals surface area contributed by atoms with Gasteiger partial charge in [0.15, 0.2) is 5.82 Å². The molecule has 32 heavy (non-hydrogen) atoms. The zero-order chi connectivity index (χ0) is 22.1. The Labute approximate surface area is 189 Å². The SMILES string of the molecule is Cc1ccc(C)c(NC(=O)[C@@H](c2ccccc2)N2CCC(c3nc(C4CC4)n[nH]3)CC2)c1. The highest BCUT2D eigenvalue weighted by atomic mass is 16.2. The number of likely N-dealkylation sites (tertiary alicyclic amines) is 1. The lowest BCUT2D eigenvalue weighted by molar-refractivity contribution is -0.122. The number of hydrogen-bond acceptors (Lipinski definition) is 4. The van der Waals surface area contributed by atoms with E-state index in [2.05, 4.69) is 44.7 Å². The molecule has 0 bridgehead atoms. The summed E-state index contributed by atoms with van der Waals surface area (Å²) in [6.45, 7) is 5.78. The standard InChI is InChI=1S/C26H31N5O/c1-17-8-9-18(2)22(16-17)27-26(32)23(19-6-4-3-5-7-19)31-14-12-21(13-15-31)25-28-24(29-30-25)20-10-11-20/h3-9,16,20-21,23H,10-15H2,1-2H3,(H,27,32)(H,28,29,30)/t23-/m1/s1. The normalized spacial score (nSPS) is 18.4. The highest BCUT2D eigenvalue weighted by molar-refractivity contribution is 5.96. The molecule has 2 heterocycles. The second-order valence-electron chi connectivity index (χ2n) is 9.28. The van der Waals surface area contributed by atoms with Crippen molar-refractivity contribution in [2.24, 2.45) is 0 Å². The Morgan fingerprint density at radius 3 is 2.50 bits per heavy atom. The molecule has 1 amide bonds. The first-order valence-electron chi connectivity index (χ1n) is 11.7. The van der Waals surface area contributed by atoms with Gasteiger partial charge in [-0.05, 0) is 75.4 Å². The monoisotopic (exact) mass is 429 g/mol. The van der Waals surface area contributed by atoms with Crippen molar-refractivity contribution in [3.05, 3.63) is 76.9 Å². The molecule has 2 N–H and O–H groups in total. The van der Waals surface area contributed by atoms with Crippen LogP contribution in [0.2, 0.25) is 0 Å². The van der Waals surface area contributed by atoms with Crippen molar-refractivity contribution in [1.29, 1.82) is 0 Å². The molecular formula is C26H31N5O. The number of piperidine rings is 1. The average molecular weight is 430 g/mol. The Balaban J connectivity index is 1.32. The molecule has 1 aliphatic heterocycles. The van der Waals surface area contributed by atoms with E-state index in [4.69, 9.17) is 4.98 Å². The van der Waals surface area contributed by atoms with E-state index < -0.39 is 0 Å². The van der Waals surface area contributed by atoms with Crippen molar-refractivity contribution in [2.75, 3.05) is 18.4 Å². The third kappa shape index (κ3) is 4.46. The number of hydrogen-bond donors (Lipinski definition) is 2. The molecule has 2 fully saturated rings. The van der Waals surface area contributed by atoms with Crippen molar-refractivity contribution in [2.45, 2.75) is 57.4 Å². The molecule has 1 aromatic heterocycles. The summed E-state index contributed by atoms with van der Waals surface area (Å²) >= 11 is 0. The Hall–Kier alpha value is -2.99. The number of aryl methyl sites for hydroxylation is 2. The molecule has 5 rings (SSSR count). The lowest BCUT2D eigenvalue weighted by atomic mass is 9.93. The Morgan fingerprint density at radius 1 is 1.03 bits per heavy atom. The number of nitrogens with one attached hydrogen (secondary N) is 2. The number of H-pyrrole nitrogens is 1. The maximum Gasteiger partial charge on any atom is 0.246 e. The van der Waals surface area contributed by atoms with Gasteiger partial charge in [0.25, 0.3) is 0 Å². The molecule has 0 radical (unpaired) electrons. The summed E-state index contributed by atoms with van der Waals surface area (Å²) in [5, 5.41) is 10.8. The maximum atomic E-state index is 13.5. The van der Waals surface area contributed by atoms with Crippen molar-refractivity contribution >= 4 is 11.6 Å². The first-order valence-corrected chi connectivity index (χ1v) is 11.7. The number of amides is 1. The van der Waals surface area contributed by atoms with Crippen LogP contribution in [0.4, 0.5) is 5.69 Å². The highest BCUT2D eigenvalue weighted by Gasteiger charge is 2.34. The number of aromatic nitrogens is 3. The smallest absolute Gasteiger partial charge is 0.246 e. The van der Waals surface area contributed by atoms with Gasteiger partial charge in [-0.3, -0.25) is 14.8 Å². The van der Waals surface area contributed by atoms with Gasteiger partial charge in [-0.2, -0.15) is 5.10 Å². The van der Waals surface area contributed by atoms with Crippen LogP contribution >= 0.6 is 0 Å². The van der Waals surface area contributed by atoms with Crippen molar-refractivity contribution in [1.82, 2.24) is 20.1 Å². The largest absolute Gasteiger partial charge is 0.324 e. The fourth-order valence-electron chi connectivity index (χ4n) is 4.66. The van der Waals surface area contributed by atoms with Crippen LogP contribution in [-0.2, 0) is 4.79 Å². The van der Waals surface area contributed by atoms with Crippen LogP contribution < -0.4 is 5.32 Å². The second kappa shape index (κ2) is 8.87. The van der Waals surface area contributed by atoms with Crippen LogP contribution in [0.1, 0.15) is 71.9 Å². The Kier molecular flexibility index (Phi) is 5.79. The lowest BCUT2D eigenvalue weighted by Gasteiger charge is -2.36. The molecule has 1 atom stereocenters. The summed E-state index contributed by atoms with van der Waals surface area (Å²) in [5.74, 6) is 2.97. The van der Waals surface area contributed by atoms with Gasteiger partial charge in [0.1, 0.15) is 11.9 Å². The molecular weight excluding hydrogens is 398 g/mol. The Bertz CT molecular complexity index is 1080. The minimum atomic E-state index is -0.311. The van der Waals surface area contributed by atoms with E-state index >= 15 is 0 Å². The predicted octanol–water partition coefficient (Wildman–Crippen LogP) is 4.86. The zero-order valence-electron chi connectivity index (χ0n) is 18.8. The maximum absolute atomic E-state index is 13.5. The van der Waals surface area contributed by atoms with Gasteiger partial charge < -0.3 is 5.32 Å². The summed E-state index contributed by atoms with van der Waals surface area (Å²) in [6, 6.07) is 16.0. The van der Waals surface area contributed by atoms with E-state index in [0.717, 1.165) is 60.0 Å². The predicted molar refractivity (Wildman–Crippen MR) is 126 cm³/mol. The summed E-state index contributed by atoms with van der Waals surface area (Å²) < 4.78 is 0. The van der Waals surface area contributed by atoms with E-state index in [1.807, 2.05) is 38.1 Å². The van der Waals surface area contributed by atoms with Gasteiger partial charge >= 0.3 is 0 Å². The number of rotatable bonds is 6. The number of anilines is 1. The molecule has 1 saturated heterocycles. The molecule has 2 aromatic carbocycles. The van der Waals surface area contributed by atoms with E-state index in [-0.39, 0.29) is 11.9 Å². The fraction of sp³-hybridized carbons (Fsp3) is 0.423. The molecule has 166 valence electrons. The first-order chi connectivity index (χ1) is 15.6. The quantitative estimate of drug-likeness (QED) is 0.587. The van der Waals surface area contributed by atoms with Gasteiger partial charge in [-0.25, -0.2) is 4.98 Å². The topological polar surface area (TPSA) is 73.9 Å². The third-order valence-electron chi connectivity index (χ3n) is 6.76. The molecule has 2 aliphatic rings. The highest BCUT2D eigenvalue weighted by Crippen LogP contribution is 2.39. The summed E-state index contributed by atoms with van der Waals surface area (Å²) in [4.78, 5) is 20.6. The van der Waals surface area contributed by atoms with Gasteiger partial charge in [0.05, 0.1) is 0 Å². The minimum absolute atomic E-state index is 0.0269. The summed E-state index contributed by atoms with van der Waals surface area (Å²) in [6.07, 6.45) is 4.37. The lowest BCUT2D eigenvalue weighted by Crippen LogP contribution is -2.42. The second-order valence-corrected chi connectivity index (χ2v) is 9.28. The van der Waals surface area contributed by atoms with Crippen LogP contribution in [0.5, 0.6) is 0 Å². The number of benzene rings is 2. The van der Waals surface area contributed by atoms with Crippen molar-refractivity contribution in [3.8, 4) is 0 Å². The molecule has 0 spiro atoms. The van der Waals surface area contributed by atoms with E-state index in [9.17, 15) is 4.79 Å². The Morgan fingerprint density at radius 2 is 1.78 bits per heavy atom.